The lowest BCUT2D eigenvalue weighted by atomic mass is 9.95. The van der Waals surface area contributed by atoms with Crippen LogP contribution in [0.3, 0.4) is 0 Å². The monoisotopic (exact) mass is 293 g/mol. The van der Waals surface area contributed by atoms with E-state index in [2.05, 4.69) is 5.32 Å². The van der Waals surface area contributed by atoms with Gasteiger partial charge in [0.05, 0.1) is 0 Å². The second-order valence-corrected chi connectivity index (χ2v) is 6.44. The first kappa shape index (κ1) is 13.7. The molecule has 108 valence electrons. The van der Waals surface area contributed by atoms with E-state index < -0.39 is 6.10 Å². The summed E-state index contributed by atoms with van der Waals surface area (Å²) in [5.41, 5.74) is 0. The molecule has 1 aromatic rings. The lowest BCUT2D eigenvalue weighted by molar-refractivity contribution is -0.128. The molecule has 0 unspecified atom stereocenters. The Morgan fingerprint density at radius 3 is 2.90 bits per heavy atom. The summed E-state index contributed by atoms with van der Waals surface area (Å²) in [6.07, 6.45) is 4.53. The average molecular weight is 294 g/mol. The van der Waals surface area contributed by atoms with Gasteiger partial charge >= 0.3 is 0 Å². The van der Waals surface area contributed by atoms with E-state index >= 15 is 0 Å². The number of rotatable bonds is 4. The summed E-state index contributed by atoms with van der Waals surface area (Å²) in [4.78, 5) is 12.2. The van der Waals surface area contributed by atoms with Gasteiger partial charge in [0.2, 0.25) is 0 Å². The van der Waals surface area contributed by atoms with Crippen molar-refractivity contribution in [2.24, 2.45) is 11.8 Å². The van der Waals surface area contributed by atoms with Crippen LogP contribution in [0.2, 0.25) is 5.02 Å². The van der Waals surface area contributed by atoms with Gasteiger partial charge in [-0.3, -0.25) is 4.79 Å². The molecule has 3 rings (SSSR count). The van der Waals surface area contributed by atoms with Crippen LogP contribution in [0.15, 0.2) is 24.3 Å². The van der Waals surface area contributed by atoms with Crippen molar-refractivity contribution in [2.75, 3.05) is 0 Å². The number of amides is 1. The third kappa shape index (κ3) is 2.93. The Balaban J connectivity index is 1.54. The zero-order chi connectivity index (χ0) is 14.1. The predicted octanol–water partition coefficient (Wildman–Crippen LogP) is 3.41. The summed E-state index contributed by atoms with van der Waals surface area (Å²) in [6, 6.07) is 7.49. The number of hydrogen-bond acceptors (Lipinski definition) is 2. The van der Waals surface area contributed by atoms with E-state index in [1.54, 1.807) is 19.1 Å². The summed E-state index contributed by atoms with van der Waals surface area (Å²) >= 11 is 5.91. The van der Waals surface area contributed by atoms with Gasteiger partial charge < -0.3 is 10.1 Å². The first-order chi connectivity index (χ1) is 9.61. The molecule has 2 fully saturated rings. The van der Waals surface area contributed by atoms with E-state index in [0.29, 0.717) is 22.7 Å². The SMILES string of the molecule is C[C@@H](Oc1cccc(Cl)c1)C(=O)N[C@H]1C[C@H]2CC[C@H]1C2. The Bertz CT molecular complexity index is 505. The Kier molecular flexibility index (Phi) is 3.88. The van der Waals surface area contributed by atoms with Crippen LogP contribution >= 0.6 is 11.6 Å². The molecule has 20 heavy (non-hydrogen) atoms. The van der Waals surface area contributed by atoms with Crippen LogP contribution in [-0.4, -0.2) is 18.1 Å². The molecule has 1 aromatic carbocycles. The molecule has 2 saturated carbocycles. The Morgan fingerprint density at radius 2 is 2.25 bits per heavy atom. The number of fused-ring (bicyclic) bond motifs is 2. The van der Waals surface area contributed by atoms with Crippen molar-refractivity contribution in [3.05, 3.63) is 29.3 Å². The Labute approximate surface area is 124 Å². The zero-order valence-electron chi connectivity index (χ0n) is 11.6. The lowest BCUT2D eigenvalue weighted by Gasteiger charge is -2.24. The molecule has 1 amide bonds. The summed E-state index contributed by atoms with van der Waals surface area (Å²) < 4.78 is 5.65. The molecule has 0 saturated heterocycles. The predicted molar refractivity (Wildman–Crippen MR) is 78.9 cm³/mol. The molecule has 1 N–H and O–H groups in total. The summed E-state index contributed by atoms with van der Waals surface area (Å²) in [6.45, 7) is 1.78. The molecule has 0 spiro atoms. The van der Waals surface area contributed by atoms with Crippen LogP contribution in [0.5, 0.6) is 5.75 Å². The fraction of sp³-hybridized carbons (Fsp3) is 0.562. The van der Waals surface area contributed by atoms with Gasteiger partial charge in [-0.1, -0.05) is 24.1 Å². The second-order valence-electron chi connectivity index (χ2n) is 6.01. The molecule has 4 heteroatoms. The van der Waals surface area contributed by atoms with Crippen molar-refractivity contribution in [3.63, 3.8) is 0 Å². The highest BCUT2D eigenvalue weighted by molar-refractivity contribution is 6.30. The average Bonchev–Trinajstić information content (AvgIpc) is 3.01. The molecule has 0 heterocycles. The number of carbonyl (C=O) groups is 1. The van der Waals surface area contributed by atoms with Gasteiger partial charge in [0.15, 0.2) is 6.10 Å². The minimum atomic E-state index is -0.493. The lowest BCUT2D eigenvalue weighted by Crippen LogP contribution is -2.44. The van der Waals surface area contributed by atoms with E-state index in [1.165, 1.54) is 19.3 Å². The van der Waals surface area contributed by atoms with E-state index in [0.717, 1.165) is 12.3 Å². The fourth-order valence-corrected chi connectivity index (χ4v) is 3.70. The topological polar surface area (TPSA) is 38.3 Å². The minimum Gasteiger partial charge on any atom is -0.481 e. The highest BCUT2D eigenvalue weighted by atomic mass is 35.5. The van der Waals surface area contributed by atoms with Crippen LogP contribution in [0.25, 0.3) is 0 Å². The standard InChI is InChI=1S/C16H20ClNO2/c1-10(20-14-4-2-3-13(17)9-14)16(19)18-15-8-11-5-6-12(15)7-11/h2-4,9-12,15H,5-8H2,1H3,(H,18,19)/t10-,11+,12+,15+/m1/s1. The number of nitrogens with one attached hydrogen (secondary N) is 1. The van der Waals surface area contributed by atoms with E-state index in [9.17, 15) is 4.79 Å². The van der Waals surface area contributed by atoms with E-state index in [-0.39, 0.29) is 5.91 Å². The third-order valence-electron chi connectivity index (χ3n) is 4.54. The van der Waals surface area contributed by atoms with Crippen LogP contribution in [0.1, 0.15) is 32.6 Å². The van der Waals surface area contributed by atoms with Crippen LogP contribution in [0.4, 0.5) is 0 Å². The zero-order valence-corrected chi connectivity index (χ0v) is 12.4. The van der Waals surface area contributed by atoms with Gasteiger partial charge in [0.1, 0.15) is 5.75 Å². The highest BCUT2D eigenvalue weighted by Gasteiger charge is 2.40. The van der Waals surface area contributed by atoms with Crippen molar-refractivity contribution in [2.45, 2.75) is 44.8 Å². The number of hydrogen-bond donors (Lipinski definition) is 1. The largest absolute Gasteiger partial charge is 0.481 e. The van der Waals surface area contributed by atoms with Gasteiger partial charge in [0.25, 0.3) is 5.91 Å². The first-order valence-electron chi connectivity index (χ1n) is 7.34. The van der Waals surface area contributed by atoms with Crippen molar-refractivity contribution in [1.29, 1.82) is 0 Å². The summed E-state index contributed by atoms with van der Waals surface area (Å²) in [5.74, 6) is 2.12. The number of halogens is 1. The normalized spacial score (nSPS) is 29.2. The molecule has 2 aliphatic rings. The molecule has 2 bridgehead atoms. The first-order valence-corrected chi connectivity index (χ1v) is 7.72. The molecule has 0 radical (unpaired) electrons. The van der Waals surface area contributed by atoms with E-state index in [1.807, 2.05) is 12.1 Å². The van der Waals surface area contributed by atoms with Crippen molar-refractivity contribution in [3.8, 4) is 5.75 Å². The maximum absolute atomic E-state index is 12.2. The van der Waals surface area contributed by atoms with Crippen molar-refractivity contribution in [1.82, 2.24) is 5.32 Å². The second kappa shape index (κ2) is 5.65. The van der Waals surface area contributed by atoms with Crippen LogP contribution in [0, 0.1) is 11.8 Å². The van der Waals surface area contributed by atoms with Crippen LogP contribution in [-0.2, 0) is 4.79 Å². The van der Waals surface area contributed by atoms with Crippen LogP contribution < -0.4 is 10.1 Å². The molecule has 4 atom stereocenters. The van der Waals surface area contributed by atoms with Gasteiger partial charge in [-0.05, 0) is 56.2 Å². The maximum Gasteiger partial charge on any atom is 0.261 e. The smallest absolute Gasteiger partial charge is 0.261 e. The number of ether oxygens (including phenoxy) is 1. The molecule has 2 aliphatic carbocycles. The molecular formula is C16H20ClNO2. The minimum absolute atomic E-state index is 0.0254. The van der Waals surface area contributed by atoms with Crippen molar-refractivity contribution >= 4 is 17.5 Å². The quantitative estimate of drug-likeness (QED) is 0.924. The molecule has 0 aromatic heterocycles. The number of benzene rings is 1. The van der Waals surface area contributed by atoms with Gasteiger partial charge in [0, 0.05) is 11.1 Å². The molecule has 3 nitrogen and oxygen atoms in total. The summed E-state index contributed by atoms with van der Waals surface area (Å²) in [5, 5.41) is 3.76. The summed E-state index contributed by atoms with van der Waals surface area (Å²) in [7, 11) is 0. The number of carbonyl (C=O) groups excluding carboxylic acids is 1. The fourth-order valence-electron chi connectivity index (χ4n) is 3.52. The van der Waals surface area contributed by atoms with Crippen molar-refractivity contribution < 1.29 is 9.53 Å². The van der Waals surface area contributed by atoms with E-state index in [4.69, 9.17) is 16.3 Å². The Hall–Kier alpha value is -1.22. The third-order valence-corrected chi connectivity index (χ3v) is 4.78. The molecular weight excluding hydrogens is 274 g/mol. The van der Waals surface area contributed by atoms with Gasteiger partial charge in [-0.2, -0.15) is 0 Å². The van der Waals surface area contributed by atoms with Gasteiger partial charge in [-0.15, -0.1) is 0 Å². The van der Waals surface area contributed by atoms with Gasteiger partial charge in [-0.25, -0.2) is 0 Å². The maximum atomic E-state index is 12.2. The highest BCUT2D eigenvalue weighted by Crippen LogP contribution is 2.44. The Morgan fingerprint density at radius 1 is 1.40 bits per heavy atom. The molecule has 0 aliphatic heterocycles.